The summed E-state index contributed by atoms with van der Waals surface area (Å²) < 4.78 is 13.4. The molecule has 1 amide bonds. The van der Waals surface area contributed by atoms with Crippen LogP contribution < -0.4 is 14.4 Å². The third-order valence-corrected chi connectivity index (χ3v) is 6.95. The Balaban J connectivity index is 1.35. The highest BCUT2D eigenvalue weighted by Gasteiger charge is 2.25. The number of piperazine rings is 1. The Kier molecular flexibility index (Phi) is 8.17. The Morgan fingerprint density at radius 2 is 1.60 bits per heavy atom. The maximum atomic E-state index is 12.9. The number of hydrogen-bond donors (Lipinski definition) is 0. The van der Waals surface area contributed by atoms with E-state index in [1.807, 2.05) is 54.3 Å². The summed E-state index contributed by atoms with van der Waals surface area (Å²) in [6.07, 6.45) is -0.297. The van der Waals surface area contributed by atoms with Crippen LogP contribution in [0.25, 0.3) is 0 Å². The van der Waals surface area contributed by atoms with Crippen molar-refractivity contribution in [3.8, 4) is 11.5 Å². The molecule has 1 saturated heterocycles. The first-order chi connectivity index (χ1) is 17.0. The van der Waals surface area contributed by atoms with Crippen molar-refractivity contribution in [3.05, 3.63) is 60.4 Å². The molecule has 2 aromatic carbocycles. The molecule has 1 aliphatic rings. The quantitative estimate of drug-likeness (QED) is 0.406. The van der Waals surface area contributed by atoms with E-state index < -0.39 is 0 Å². The second-order valence-electron chi connectivity index (χ2n) is 8.73. The van der Waals surface area contributed by atoms with E-state index in [0.717, 1.165) is 48.7 Å². The molecule has 0 bridgehead atoms. The Morgan fingerprint density at radius 1 is 0.943 bits per heavy atom. The van der Waals surface area contributed by atoms with E-state index in [9.17, 15) is 4.79 Å². The number of thioether (sulfide) groups is 1. The van der Waals surface area contributed by atoms with E-state index in [4.69, 9.17) is 9.47 Å². The number of amides is 1. The summed E-state index contributed by atoms with van der Waals surface area (Å²) in [6, 6.07) is 17.9. The van der Waals surface area contributed by atoms with Crippen molar-refractivity contribution in [1.82, 2.24) is 19.7 Å². The maximum Gasteiger partial charge on any atom is 0.233 e. The number of hydrogen-bond acceptors (Lipinski definition) is 7. The van der Waals surface area contributed by atoms with Crippen molar-refractivity contribution in [2.24, 2.45) is 0 Å². The van der Waals surface area contributed by atoms with Crippen molar-refractivity contribution in [2.75, 3.05) is 43.9 Å². The number of ether oxygens (including phenoxy) is 2. The molecule has 9 heteroatoms. The largest absolute Gasteiger partial charge is 0.497 e. The van der Waals surface area contributed by atoms with Gasteiger partial charge >= 0.3 is 0 Å². The first kappa shape index (κ1) is 24.9. The molecular weight excluding hydrogens is 462 g/mol. The lowest BCUT2D eigenvalue weighted by Crippen LogP contribution is -2.49. The highest BCUT2D eigenvalue weighted by atomic mass is 32.2. The molecule has 1 unspecified atom stereocenters. The minimum atomic E-state index is -0.297. The Hall–Kier alpha value is -3.20. The van der Waals surface area contributed by atoms with Crippen LogP contribution in [0.5, 0.6) is 11.5 Å². The summed E-state index contributed by atoms with van der Waals surface area (Å²) in [7, 11) is 1.64. The van der Waals surface area contributed by atoms with Gasteiger partial charge in [0.25, 0.3) is 0 Å². The second kappa shape index (κ2) is 11.5. The zero-order valence-corrected chi connectivity index (χ0v) is 21.6. The molecule has 0 N–H and O–H groups in total. The fraction of sp³-hybridized carbons (Fsp3) is 0.423. The predicted molar refractivity (Wildman–Crippen MR) is 138 cm³/mol. The molecule has 8 nitrogen and oxygen atoms in total. The standard InChI is InChI=1S/C26H33N5O3S/c1-19(2)31-25(20(3)34-23-12-10-22(33-4)11-13-23)27-28-26(31)35-18-24(32)30-16-14-29(15-17-30)21-8-6-5-7-9-21/h5-13,19-20H,14-18H2,1-4H3. The van der Waals surface area contributed by atoms with Gasteiger partial charge in [0, 0.05) is 37.9 Å². The van der Waals surface area contributed by atoms with Gasteiger partial charge in [-0.15, -0.1) is 10.2 Å². The summed E-state index contributed by atoms with van der Waals surface area (Å²) in [5, 5.41) is 9.54. The van der Waals surface area contributed by atoms with Gasteiger partial charge in [-0.1, -0.05) is 30.0 Å². The maximum absolute atomic E-state index is 12.9. The van der Waals surface area contributed by atoms with Crippen LogP contribution in [0.2, 0.25) is 0 Å². The number of benzene rings is 2. The molecule has 0 radical (unpaired) electrons. The van der Waals surface area contributed by atoms with E-state index in [2.05, 4.69) is 45.6 Å². The number of carbonyl (C=O) groups excluding carboxylic acids is 1. The Morgan fingerprint density at radius 3 is 2.23 bits per heavy atom. The molecule has 0 spiro atoms. The second-order valence-corrected chi connectivity index (χ2v) is 9.67. The van der Waals surface area contributed by atoms with Crippen LogP contribution in [0.1, 0.15) is 38.7 Å². The van der Waals surface area contributed by atoms with Gasteiger partial charge in [0.1, 0.15) is 11.5 Å². The fourth-order valence-corrected chi connectivity index (χ4v) is 5.11. The topological polar surface area (TPSA) is 72.7 Å². The number of carbonyl (C=O) groups is 1. The van der Waals surface area contributed by atoms with Crippen LogP contribution in [0.4, 0.5) is 5.69 Å². The van der Waals surface area contributed by atoms with Gasteiger partial charge in [0.15, 0.2) is 17.1 Å². The lowest BCUT2D eigenvalue weighted by Gasteiger charge is -2.36. The number of methoxy groups -OCH3 is 1. The number of para-hydroxylation sites is 1. The fourth-order valence-electron chi connectivity index (χ4n) is 4.13. The van der Waals surface area contributed by atoms with Gasteiger partial charge in [-0.25, -0.2) is 0 Å². The molecule has 186 valence electrons. The van der Waals surface area contributed by atoms with Crippen LogP contribution >= 0.6 is 11.8 Å². The van der Waals surface area contributed by atoms with Crippen LogP contribution in [-0.2, 0) is 4.79 Å². The van der Waals surface area contributed by atoms with Gasteiger partial charge in [0.2, 0.25) is 5.91 Å². The zero-order valence-electron chi connectivity index (χ0n) is 20.8. The lowest BCUT2D eigenvalue weighted by molar-refractivity contribution is -0.128. The average Bonchev–Trinajstić information content (AvgIpc) is 3.33. The van der Waals surface area contributed by atoms with E-state index in [1.54, 1.807) is 7.11 Å². The summed E-state index contributed by atoms with van der Waals surface area (Å²) in [5.74, 6) is 2.72. The third kappa shape index (κ3) is 6.08. The van der Waals surface area contributed by atoms with E-state index in [-0.39, 0.29) is 18.1 Å². The minimum absolute atomic E-state index is 0.130. The molecule has 1 fully saturated rings. The van der Waals surface area contributed by atoms with E-state index >= 15 is 0 Å². The summed E-state index contributed by atoms with van der Waals surface area (Å²) >= 11 is 1.44. The molecule has 4 rings (SSSR count). The Labute approximate surface area is 211 Å². The summed E-state index contributed by atoms with van der Waals surface area (Å²) in [6.45, 7) is 9.26. The molecule has 3 aromatic rings. The SMILES string of the molecule is COc1ccc(OC(C)c2nnc(SCC(=O)N3CCN(c4ccccc4)CC3)n2C(C)C)cc1. The van der Waals surface area contributed by atoms with Crippen molar-refractivity contribution in [1.29, 1.82) is 0 Å². The van der Waals surface area contributed by atoms with E-state index in [0.29, 0.717) is 5.75 Å². The average molecular weight is 496 g/mol. The number of aromatic nitrogens is 3. The number of rotatable bonds is 9. The van der Waals surface area contributed by atoms with Crippen molar-refractivity contribution >= 4 is 23.4 Å². The van der Waals surface area contributed by atoms with E-state index in [1.165, 1.54) is 17.4 Å². The molecule has 1 aliphatic heterocycles. The Bertz CT molecular complexity index is 1100. The lowest BCUT2D eigenvalue weighted by atomic mass is 10.2. The molecular formula is C26H33N5O3S. The molecule has 35 heavy (non-hydrogen) atoms. The van der Waals surface area contributed by atoms with Gasteiger partial charge in [-0.3, -0.25) is 4.79 Å². The van der Waals surface area contributed by atoms with Crippen LogP contribution in [0.3, 0.4) is 0 Å². The van der Waals surface area contributed by atoms with Crippen LogP contribution in [0, 0.1) is 0 Å². The third-order valence-electron chi connectivity index (χ3n) is 6.02. The van der Waals surface area contributed by atoms with Gasteiger partial charge in [-0.2, -0.15) is 0 Å². The molecule has 1 atom stereocenters. The molecule has 0 aliphatic carbocycles. The molecule has 0 saturated carbocycles. The highest BCUT2D eigenvalue weighted by molar-refractivity contribution is 7.99. The van der Waals surface area contributed by atoms with Gasteiger partial charge in [0.05, 0.1) is 12.9 Å². The zero-order chi connectivity index (χ0) is 24.8. The summed E-state index contributed by atoms with van der Waals surface area (Å²) in [5.41, 5.74) is 1.21. The van der Waals surface area contributed by atoms with Gasteiger partial charge in [-0.05, 0) is 57.2 Å². The van der Waals surface area contributed by atoms with Crippen molar-refractivity contribution < 1.29 is 14.3 Å². The van der Waals surface area contributed by atoms with Crippen molar-refractivity contribution in [2.45, 2.75) is 38.1 Å². The normalized spacial score (nSPS) is 14.8. The smallest absolute Gasteiger partial charge is 0.233 e. The minimum Gasteiger partial charge on any atom is -0.497 e. The number of anilines is 1. The highest BCUT2D eigenvalue weighted by Crippen LogP contribution is 2.28. The summed E-state index contributed by atoms with van der Waals surface area (Å²) in [4.78, 5) is 17.2. The first-order valence-electron chi connectivity index (χ1n) is 11.9. The van der Waals surface area contributed by atoms with Gasteiger partial charge < -0.3 is 23.8 Å². The monoisotopic (exact) mass is 495 g/mol. The van der Waals surface area contributed by atoms with Crippen LogP contribution in [0.15, 0.2) is 59.8 Å². The number of nitrogens with zero attached hydrogens (tertiary/aromatic N) is 5. The molecule has 2 heterocycles. The first-order valence-corrected chi connectivity index (χ1v) is 12.9. The van der Waals surface area contributed by atoms with Crippen molar-refractivity contribution in [3.63, 3.8) is 0 Å². The molecule has 1 aromatic heterocycles. The predicted octanol–water partition coefficient (Wildman–Crippen LogP) is 4.45. The van der Waals surface area contributed by atoms with Crippen LogP contribution in [-0.4, -0.2) is 64.6 Å².